The summed E-state index contributed by atoms with van der Waals surface area (Å²) in [5, 5.41) is 9.33. The van der Waals surface area contributed by atoms with Crippen LogP contribution < -0.4 is 4.90 Å². The lowest BCUT2D eigenvalue weighted by atomic mass is 10.2. The first kappa shape index (κ1) is 15.5. The smallest absolute Gasteiger partial charge is 0.146 e. The van der Waals surface area contributed by atoms with Gasteiger partial charge in [0.05, 0.1) is 5.56 Å². The summed E-state index contributed by atoms with van der Waals surface area (Å²) in [7, 11) is 0. The van der Waals surface area contributed by atoms with Crippen molar-refractivity contribution in [2.75, 3.05) is 24.5 Å². The molecular weight excluding hydrogens is 284 g/mol. The summed E-state index contributed by atoms with van der Waals surface area (Å²) in [5.41, 5.74) is 2.01. The molecule has 1 unspecified atom stereocenters. The van der Waals surface area contributed by atoms with Crippen molar-refractivity contribution in [3.8, 4) is 6.07 Å². The van der Waals surface area contributed by atoms with Gasteiger partial charge in [-0.15, -0.1) is 0 Å². The first-order valence-electron chi connectivity index (χ1n) is 8.16. The molecule has 4 heteroatoms. The van der Waals surface area contributed by atoms with Crippen molar-refractivity contribution in [3.63, 3.8) is 0 Å². The first-order valence-corrected chi connectivity index (χ1v) is 8.16. The molecule has 1 aliphatic rings. The largest absolute Gasteiger partial charge is 0.351 e. The van der Waals surface area contributed by atoms with Crippen molar-refractivity contribution >= 4 is 5.82 Å². The van der Waals surface area contributed by atoms with E-state index in [2.05, 4.69) is 58.1 Å². The Hall–Kier alpha value is -2.38. The van der Waals surface area contributed by atoms with Gasteiger partial charge in [0.25, 0.3) is 0 Å². The lowest BCUT2D eigenvalue weighted by Crippen LogP contribution is -2.39. The molecular formula is C19H22N4. The van der Waals surface area contributed by atoms with Crippen molar-refractivity contribution in [1.82, 2.24) is 9.88 Å². The second kappa shape index (κ2) is 7.26. The van der Waals surface area contributed by atoms with Gasteiger partial charge in [0.2, 0.25) is 0 Å². The van der Waals surface area contributed by atoms with Crippen LogP contribution in [-0.4, -0.2) is 35.6 Å². The fraction of sp³-hybridized carbons (Fsp3) is 0.368. The molecule has 0 amide bonds. The predicted molar refractivity (Wildman–Crippen MR) is 92.1 cm³/mol. The molecule has 1 fully saturated rings. The number of hydrogen-bond donors (Lipinski definition) is 0. The highest BCUT2D eigenvalue weighted by Gasteiger charge is 2.24. The number of anilines is 1. The fourth-order valence-corrected chi connectivity index (χ4v) is 3.26. The van der Waals surface area contributed by atoms with Crippen LogP contribution in [0.15, 0.2) is 48.7 Å². The molecule has 1 aromatic heterocycles. The second-order valence-electron chi connectivity index (χ2n) is 6.10. The summed E-state index contributed by atoms with van der Waals surface area (Å²) in [4.78, 5) is 9.24. The Bertz CT molecular complexity index is 677. The maximum Gasteiger partial charge on any atom is 0.146 e. The monoisotopic (exact) mass is 306 g/mol. The van der Waals surface area contributed by atoms with Gasteiger partial charge in [-0.25, -0.2) is 4.98 Å². The molecule has 2 aromatic rings. The van der Waals surface area contributed by atoms with Crippen molar-refractivity contribution in [3.05, 3.63) is 59.8 Å². The molecule has 23 heavy (non-hydrogen) atoms. The summed E-state index contributed by atoms with van der Waals surface area (Å²) < 4.78 is 0. The molecule has 0 bridgehead atoms. The number of aromatic nitrogens is 1. The third kappa shape index (κ3) is 3.69. The molecule has 0 spiro atoms. The van der Waals surface area contributed by atoms with Crippen molar-refractivity contribution in [2.45, 2.75) is 25.9 Å². The average Bonchev–Trinajstić information content (AvgIpc) is 2.77. The third-order valence-electron chi connectivity index (χ3n) is 4.36. The van der Waals surface area contributed by atoms with Crippen LogP contribution in [0.3, 0.4) is 0 Å². The Morgan fingerprint density at radius 3 is 2.78 bits per heavy atom. The van der Waals surface area contributed by atoms with Crippen LogP contribution >= 0.6 is 0 Å². The summed E-state index contributed by atoms with van der Waals surface area (Å²) in [5.74, 6) is 0.823. The number of pyridine rings is 1. The fourth-order valence-electron chi connectivity index (χ4n) is 3.26. The zero-order valence-corrected chi connectivity index (χ0v) is 13.5. The number of nitriles is 1. The SMILES string of the molecule is CC1CN(Cc2ccccc2)CCCN1c1ncccc1C#N. The topological polar surface area (TPSA) is 43.2 Å². The van der Waals surface area contributed by atoms with Crippen LogP contribution in [0.2, 0.25) is 0 Å². The number of benzene rings is 1. The van der Waals surface area contributed by atoms with Gasteiger partial charge in [-0.1, -0.05) is 30.3 Å². The Morgan fingerprint density at radius 2 is 2.00 bits per heavy atom. The minimum absolute atomic E-state index is 0.336. The van der Waals surface area contributed by atoms with Gasteiger partial charge in [0, 0.05) is 38.4 Å². The van der Waals surface area contributed by atoms with Crippen LogP contribution in [0, 0.1) is 11.3 Å². The van der Waals surface area contributed by atoms with E-state index in [1.165, 1.54) is 5.56 Å². The molecule has 1 aromatic carbocycles. The summed E-state index contributed by atoms with van der Waals surface area (Å²) in [6.45, 7) is 6.20. The van der Waals surface area contributed by atoms with Gasteiger partial charge < -0.3 is 4.90 Å². The number of rotatable bonds is 3. The van der Waals surface area contributed by atoms with E-state index in [9.17, 15) is 5.26 Å². The van der Waals surface area contributed by atoms with E-state index in [1.807, 2.05) is 12.1 Å². The highest BCUT2D eigenvalue weighted by atomic mass is 15.3. The Balaban J connectivity index is 1.74. The second-order valence-corrected chi connectivity index (χ2v) is 6.10. The molecule has 1 saturated heterocycles. The summed E-state index contributed by atoms with van der Waals surface area (Å²) in [6, 6.07) is 16.9. The molecule has 0 N–H and O–H groups in total. The van der Waals surface area contributed by atoms with Crippen LogP contribution in [0.4, 0.5) is 5.82 Å². The zero-order chi connectivity index (χ0) is 16.1. The van der Waals surface area contributed by atoms with Gasteiger partial charge in [-0.05, 0) is 31.0 Å². The van der Waals surface area contributed by atoms with Gasteiger partial charge in [-0.2, -0.15) is 5.26 Å². The zero-order valence-electron chi connectivity index (χ0n) is 13.5. The van der Waals surface area contributed by atoms with E-state index >= 15 is 0 Å². The number of hydrogen-bond acceptors (Lipinski definition) is 4. The van der Waals surface area contributed by atoms with E-state index < -0.39 is 0 Å². The van der Waals surface area contributed by atoms with E-state index in [1.54, 1.807) is 6.20 Å². The normalized spacial score (nSPS) is 19.1. The standard InChI is InChI=1S/C19H22N4/c1-16-14-22(15-17-7-3-2-4-8-17)11-6-12-23(16)19-18(13-20)9-5-10-21-19/h2-5,7-10,16H,6,11-12,14-15H2,1H3. The lowest BCUT2D eigenvalue weighted by molar-refractivity contribution is 0.268. The van der Waals surface area contributed by atoms with Crippen LogP contribution in [0.5, 0.6) is 0 Å². The molecule has 118 valence electrons. The summed E-state index contributed by atoms with van der Waals surface area (Å²) in [6.07, 6.45) is 2.86. The minimum atomic E-state index is 0.336. The van der Waals surface area contributed by atoms with E-state index in [0.717, 1.165) is 38.4 Å². The van der Waals surface area contributed by atoms with E-state index in [4.69, 9.17) is 0 Å². The Labute approximate surface area is 138 Å². The maximum absolute atomic E-state index is 9.33. The van der Waals surface area contributed by atoms with Crippen molar-refractivity contribution in [2.24, 2.45) is 0 Å². The van der Waals surface area contributed by atoms with Crippen molar-refractivity contribution < 1.29 is 0 Å². The van der Waals surface area contributed by atoms with Crippen LogP contribution in [0.25, 0.3) is 0 Å². The van der Waals surface area contributed by atoms with Crippen LogP contribution in [-0.2, 0) is 6.54 Å². The Morgan fingerprint density at radius 1 is 1.17 bits per heavy atom. The van der Waals surface area contributed by atoms with Gasteiger partial charge in [0.15, 0.2) is 0 Å². The summed E-state index contributed by atoms with van der Waals surface area (Å²) >= 11 is 0. The maximum atomic E-state index is 9.33. The molecule has 0 radical (unpaired) electrons. The highest BCUT2D eigenvalue weighted by molar-refractivity contribution is 5.54. The van der Waals surface area contributed by atoms with Crippen LogP contribution in [0.1, 0.15) is 24.5 Å². The van der Waals surface area contributed by atoms with Crippen molar-refractivity contribution in [1.29, 1.82) is 5.26 Å². The third-order valence-corrected chi connectivity index (χ3v) is 4.36. The quantitative estimate of drug-likeness (QED) is 0.874. The van der Waals surface area contributed by atoms with E-state index in [-0.39, 0.29) is 0 Å². The minimum Gasteiger partial charge on any atom is -0.351 e. The average molecular weight is 306 g/mol. The molecule has 1 atom stereocenters. The van der Waals surface area contributed by atoms with Gasteiger partial charge >= 0.3 is 0 Å². The highest BCUT2D eigenvalue weighted by Crippen LogP contribution is 2.22. The van der Waals surface area contributed by atoms with E-state index in [0.29, 0.717) is 11.6 Å². The molecule has 0 aliphatic carbocycles. The van der Waals surface area contributed by atoms with Gasteiger partial charge in [0.1, 0.15) is 11.9 Å². The van der Waals surface area contributed by atoms with Gasteiger partial charge in [-0.3, -0.25) is 4.90 Å². The predicted octanol–water partition coefficient (Wildman–Crippen LogP) is 3.05. The molecule has 0 saturated carbocycles. The first-order chi connectivity index (χ1) is 11.3. The molecule has 3 rings (SSSR count). The molecule has 4 nitrogen and oxygen atoms in total. The number of nitrogens with zero attached hydrogens (tertiary/aromatic N) is 4. The molecule has 1 aliphatic heterocycles. The molecule has 2 heterocycles. The lowest BCUT2D eigenvalue weighted by Gasteiger charge is -2.30. The Kier molecular flexibility index (Phi) is 4.89.